The van der Waals surface area contributed by atoms with E-state index in [1.165, 1.54) is 0 Å². The Morgan fingerprint density at radius 1 is 1.06 bits per heavy atom. The summed E-state index contributed by atoms with van der Waals surface area (Å²) in [6.45, 7) is 2.94. The van der Waals surface area contributed by atoms with E-state index in [1.807, 2.05) is 43.3 Å². The van der Waals surface area contributed by atoms with E-state index in [-0.39, 0.29) is 17.1 Å². The number of ether oxygens (including phenoxy) is 1. The van der Waals surface area contributed by atoms with Gasteiger partial charge in [0, 0.05) is 18.9 Å². The van der Waals surface area contributed by atoms with E-state index in [2.05, 4.69) is 4.98 Å². The number of nitrogens with zero attached hydrogens (tertiary/aromatic N) is 2. The maximum Gasteiger partial charge on any atom is 0.291 e. The van der Waals surface area contributed by atoms with Crippen LogP contribution in [-0.2, 0) is 6.54 Å². The molecule has 32 heavy (non-hydrogen) atoms. The van der Waals surface area contributed by atoms with Gasteiger partial charge in [0.05, 0.1) is 23.6 Å². The molecular weight excluding hydrogens is 404 g/mol. The second-order valence-corrected chi connectivity index (χ2v) is 7.79. The Morgan fingerprint density at radius 2 is 1.94 bits per heavy atom. The van der Waals surface area contributed by atoms with Crippen molar-refractivity contribution >= 4 is 16.9 Å². The van der Waals surface area contributed by atoms with Gasteiger partial charge in [0.15, 0.2) is 5.43 Å². The minimum absolute atomic E-state index is 0.0995. The van der Waals surface area contributed by atoms with E-state index in [0.29, 0.717) is 35.4 Å². The summed E-state index contributed by atoms with van der Waals surface area (Å²) in [5, 5.41) is 0.464. The largest absolute Gasteiger partial charge is 0.494 e. The lowest BCUT2D eigenvalue weighted by Crippen LogP contribution is -2.29. The van der Waals surface area contributed by atoms with E-state index in [0.717, 1.165) is 17.5 Å². The lowest BCUT2D eigenvalue weighted by atomic mass is 9.98. The first-order valence-electron chi connectivity index (χ1n) is 10.7. The molecule has 1 aliphatic rings. The normalized spacial score (nSPS) is 15.2. The van der Waals surface area contributed by atoms with E-state index in [4.69, 9.17) is 9.15 Å². The van der Waals surface area contributed by atoms with Crippen molar-refractivity contribution < 1.29 is 13.9 Å². The van der Waals surface area contributed by atoms with Gasteiger partial charge in [-0.25, -0.2) is 0 Å². The Labute approximate surface area is 185 Å². The average Bonchev–Trinajstić information content (AvgIpc) is 3.10. The Hall–Kier alpha value is -3.93. The van der Waals surface area contributed by atoms with Crippen LogP contribution in [0.2, 0.25) is 0 Å². The summed E-state index contributed by atoms with van der Waals surface area (Å²) in [5.41, 5.74) is 2.26. The smallest absolute Gasteiger partial charge is 0.291 e. The van der Waals surface area contributed by atoms with Crippen LogP contribution in [0.1, 0.15) is 46.6 Å². The maximum absolute atomic E-state index is 13.5. The topological polar surface area (TPSA) is 72.6 Å². The van der Waals surface area contributed by atoms with Gasteiger partial charge in [-0.15, -0.1) is 0 Å². The first-order chi connectivity index (χ1) is 15.7. The number of benzene rings is 2. The number of para-hydroxylation sites is 1. The molecular formula is C26H22N2O4. The summed E-state index contributed by atoms with van der Waals surface area (Å²) in [6, 6.07) is 17.8. The second kappa shape index (κ2) is 8.30. The fourth-order valence-electron chi connectivity index (χ4n) is 4.16. The molecule has 0 saturated carbocycles. The van der Waals surface area contributed by atoms with Crippen LogP contribution in [0.25, 0.3) is 11.0 Å². The van der Waals surface area contributed by atoms with Crippen molar-refractivity contribution in [2.75, 3.05) is 6.61 Å². The summed E-state index contributed by atoms with van der Waals surface area (Å²) in [7, 11) is 0. The molecule has 5 rings (SSSR count). The fourth-order valence-corrected chi connectivity index (χ4v) is 4.16. The Morgan fingerprint density at radius 3 is 2.75 bits per heavy atom. The molecule has 6 nitrogen and oxygen atoms in total. The number of amides is 1. The molecule has 0 aliphatic carbocycles. The van der Waals surface area contributed by atoms with Crippen molar-refractivity contribution in [3.05, 3.63) is 106 Å². The number of fused-ring (bicyclic) bond motifs is 2. The van der Waals surface area contributed by atoms with Crippen molar-refractivity contribution in [3.8, 4) is 5.75 Å². The van der Waals surface area contributed by atoms with Crippen LogP contribution in [0.4, 0.5) is 0 Å². The number of aromatic nitrogens is 1. The molecule has 0 spiro atoms. The number of carbonyl (C=O) groups is 1. The van der Waals surface area contributed by atoms with E-state index < -0.39 is 6.04 Å². The summed E-state index contributed by atoms with van der Waals surface area (Å²) in [6.07, 6.45) is 4.30. The van der Waals surface area contributed by atoms with Gasteiger partial charge in [-0.3, -0.25) is 14.6 Å². The molecule has 0 fully saturated rings. The zero-order valence-electron chi connectivity index (χ0n) is 17.7. The van der Waals surface area contributed by atoms with Crippen molar-refractivity contribution in [1.29, 1.82) is 0 Å². The Bertz CT molecular complexity index is 1350. The van der Waals surface area contributed by atoms with Gasteiger partial charge in [0.1, 0.15) is 11.3 Å². The number of pyridine rings is 1. The first kappa shape index (κ1) is 20.0. The van der Waals surface area contributed by atoms with Gasteiger partial charge >= 0.3 is 0 Å². The number of carbonyl (C=O) groups excluding carboxylic acids is 1. The molecule has 1 aliphatic heterocycles. The molecule has 0 bridgehead atoms. The van der Waals surface area contributed by atoms with Crippen molar-refractivity contribution in [3.63, 3.8) is 0 Å². The van der Waals surface area contributed by atoms with Crippen LogP contribution < -0.4 is 10.2 Å². The standard InChI is InChI=1S/C26H22N2O4/c1-2-13-31-19-9-5-8-18(14-19)23-22-24(29)20-10-3-4-11-21(20)32-25(22)26(30)28(23)16-17-7-6-12-27-15-17/h3-12,14-15,23H,2,13,16H2,1H3/t23-/m1/s1. The highest BCUT2D eigenvalue weighted by molar-refractivity contribution is 5.99. The third-order valence-electron chi connectivity index (χ3n) is 5.60. The van der Waals surface area contributed by atoms with Gasteiger partial charge in [0.25, 0.3) is 5.91 Å². The molecule has 3 heterocycles. The van der Waals surface area contributed by atoms with E-state index in [1.54, 1.807) is 41.6 Å². The second-order valence-electron chi connectivity index (χ2n) is 7.79. The van der Waals surface area contributed by atoms with Crippen LogP contribution in [0.15, 0.2) is 82.3 Å². The van der Waals surface area contributed by atoms with Crippen molar-refractivity contribution in [2.24, 2.45) is 0 Å². The molecule has 2 aromatic heterocycles. The zero-order chi connectivity index (χ0) is 22.1. The minimum atomic E-state index is -0.580. The molecule has 0 radical (unpaired) electrons. The van der Waals surface area contributed by atoms with Crippen LogP contribution in [0.3, 0.4) is 0 Å². The van der Waals surface area contributed by atoms with Gasteiger partial charge in [-0.05, 0) is 47.9 Å². The lowest BCUT2D eigenvalue weighted by Gasteiger charge is -2.25. The van der Waals surface area contributed by atoms with Gasteiger partial charge in [-0.1, -0.05) is 37.3 Å². The number of hydrogen-bond donors (Lipinski definition) is 0. The molecule has 0 unspecified atom stereocenters. The maximum atomic E-state index is 13.5. The van der Waals surface area contributed by atoms with Crippen LogP contribution in [-0.4, -0.2) is 22.4 Å². The first-order valence-corrected chi connectivity index (χ1v) is 10.7. The Balaban J connectivity index is 1.68. The predicted octanol–water partition coefficient (Wildman–Crippen LogP) is 4.72. The molecule has 0 N–H and O–H groups in total. The highest BCUT2D eigenvalue weighted by Gasteiger charge is 2.42. The Kier molecular flexibility index (Phi) is 5.19. The van der Waals surface area contributed by atoms with Crippen LogP contribution in [0, 0.1) is 0 Å². The highest BCUT2D eigenvalue weighted by atomic mass is 16.5. The molecule has 4 aromatic rings. The quantitative estimate of drug-likeness (QED) is 0.446. The van der Waals surface area contributed by atoms with E-state index >= 15 is 0 Å². The van der Waals surface area contributed by atoms with Crippen molar-refractivity contribution in [2.45, 2.75) is 25.9 Å². The summed E-state index contributed by atoms with van der Waals surface area (Å²) in [5.74, 6) is 0.496. The minimum Gasteiger partial charge on any atom is -0.494 e. The summed E-state index contributed by atoms with van der Waals surface area (Å²) >= 11 is 0. The molecule has 1 amide bonds. The SMILES string of the molecule is CCCOc1cccc([C@@H]2c3c(oc4ccccc4c3=O)C(=O)N2Cc2cccnc2)c1. The average molecular weight is 426 g/mol. The lowest BCUT2D eigenvalue weighted by molar-refractivity contribution is 0.0714. The number of rotatable bonds is 6. The van der Waals surface area contributed by atoms with Gasteiger partial charge < -0.3 is 14.1 Å². The predicted molar refractivity (Wildman–Crippen MR) is 121 cm³/mol. The highest BCUT2D eigenvalue weighted by Crippen LogP contribution is 2.39. The fraction of sp³-hybridized carbons (Fsp3) is 0.192. The van der Waals surface area contributed by atoms with Gasteiger partial charge in [0.2, 0.25) is 5.76 Å². The monoisotopic (exact) mass is 426 g/mol. The summed E-state index contributed by atoms with van der Waals surface area (Å²) < 4.78 is 11.8. The third kappa shape index (κ3) is 3.43. The molecule has 1 atom stereocenters. The third-order valence-corrected chi connectivity index (χ3v) is 5.60. The molecule has 6 heteroatoms. The number of hydrogen-bond acceptors (Lipinski definition) is 5. The van der Waals surface area contributed by atoms with Crippen LogP contribution in [0.5, 0.6) is 5.75 Å². The van der Waals surface area contributed by atoms with Crippen LogP contribution >= 0.6 is 0 Å². The molecule has 0 saturated heterocycles. The van der Waals surface area contributed by atoms with E-state index in [9.17, 15) is 9.59 Å². The zero-order valence-corrected chi connectivity index (χ0v) is 17.7. The summed E-state index contributed by atoms with van der Waals surface area (Å²) in [4.78, 5) is 32.8. The molecule has 160 valence electrons. The van der Waals surface area contributed by atoms with Gasteiger partial charge in [-0.2, -0.15) is 0 Å². The molecule has 2 aromatic carbocycles. The van der Waals surface area contributed by atoms with Crippen molar-refractivity contribution in [1.82, 2.24) is 9.88 Å².